The lowest BCUT2D eigenvalue weighted by Crippen LogP contribution is -2.45. The molecular weight excluding hydrogens is 354 g/mol. The number of rotatable bonds is 5. The number of carbonyl (C=O) groups excluding carboxylic acids is 1. The monoisotopic (exact) mass is 377 g/mol. The van der Waals surface area contributed by atoms with E-state index < -0.39 is 16.1 Å². The van der Waals surface area contributed by atoms with E-state index in [9.17, 15) is 13.2 Å². The van der Waals surface area contributed by atoms with Crippen LogP contribution in [0.25, 0.3) is 0 Å². The Morgan fingerprint density at radius 2 is 2.04 bits per heavy atom. The van der Waals surface area contributed by atoms with Crippen molar-refractivity contribution in [3.8, 4) is 0 Å². The molecule has 8 heteroatoms. The van der Waals surface area contributed by atoms with Gasteiger partial charge in [-0.2, -0.15) is 4.31 Å². The van der Waals surface area contributed by atoms with Crippen LogP contribution in [0.3, 0.4) is 0 Å². The molecule has 0 spiro atoms. The molecule has 1 N–H and O–H groups in total. The van der Waals surface area contributed by atoms with Crippen LogP contribution >= 0.6 is 0 Å². The maximum Gasteiger partial charge on any atom is 0.249 e. The minimum absolute atomic E-state index is 0.0658. The number of amides is 1. The van der Waals surface area contributed by atoms with E-state index in [-0.39, 0.29) is 16.6 Å². The summed E-state index contributed by atoms with van der Waals surface area (Å²) in [6, 6.07) is 7.07. The molecule has 0 unspecified atom stereocenters. The van der Waals surface area contributed by atoms with Crippen molar-refractivity contribution in [2.45, 2.75) is 51.1 Å². The van der Waals surface area contributed by atoms with Crippen LogP contribution in [0, 0.1) is 20.8 Å². The van der Waals surface area contributed by atoms with Gasteiger partial charge in [-0.3, -0.25) is 4.79 Å². The summed E-state index contributed by atoms with van der Waals surface area (Å²) in [4.78, 5) is 12.7. The predicted octanol–water partition coefficient (Wildman–Crippen LogP) is 2.07. The molecular formula is C18H23N3O4S. The van der Waals surface area contributed by atoms with Gasteiger partial charge in [0, 0.05) is 13.1 Å². The summed E-state index contributed by atoms with van der Waals surface area (Å²) in [6.45, 7) is 5.82. The molecule has 1 aromatic carbocycles. The zero-order chi connectivity index (χ0) is 18.9. The molecule has 7 nitrogen and oxygen atoms in total. The smallest absolute Gasteiger partial charge is 0.249 e. The zero-order valence-corrected chi connectivity index (χ0v) is 16.0. The predicted molar refractivity (Wildman–Crippen MR) is 95.9 cm³/mol. The van der Waals surface area contributed by atoms with Gasteiger partial charge in [-0.05, 0) is 44.7 Å². The van der Waals surface area contributed by atoms with E-state index in [2.05, 4.69) is 10.5 Å². The van der Waals surface area contributed by atoms with Crippen LogP contribution < -0.4 is 5.32 Å². The van der Waals surface area contributed by atoms with Crippen molar-refractivity contribution in [1.82, 2.24) is 14.8 Å². The summed E-state index contributed by atoms with van der Waals surface area (Å²) in [5, 5.41) is 6.60. The number of hydrogen-bond donors (Lipinski definition) is 1. The van der Waals surface area contributed by atoms with Gasteiger partial charge in [0.25, 0.3) is 0 Å². The molecule has 0 saturated carbocycles. The summed E-state index contributed by atoms with van der Waals surface area (Å²) in [5.74, 6) is -0.0328. The molecule has 0 bridgehead atoms. The third-order valence-corrected chi connectivity index (χ3v) is 6.91. The van der Waals surface area contributed by atoms with Crippen molar-refractivity contribution in [3.63, 3.8) is 0 Å². The Balaban J connectivity index is 1.77. The van der Waals surface area contributed by atoms with E-state index in [1.165, 1.54) is 4.31 Å². The highest BCUT2D eigenvalue weighted by molar-refractivity contribution is 7.89. The van der Waals surface area contributed by atoms with E-state index in [1.807, 2.05) is 31.2 Å². The Kier molecular flexibility index (Phi) is 5.15. The van der Waals surface area contributed by atoms with E-state index >= 15 is 0 Å². The quantitative estimate of drug-likeness (QED) is 0.861. The van der Waals surface area contributed by atoms with E-state index in [1.54, 1.807) is 13.8 Å². The van der Waals surface area contributed by atoms with Gasteiger partial charge < -0.3 is 9.84 Å². The summed E-state index contributed by atoms with van der Waals surface area (Å²) < 4.78 is 32.3. The molecule has 2 heterocycles. The molecule has 2 aromatic rings. The fraction of sp³-hybridized carbons (Fsp3) is 0.444. The van der Waals surface area contributed by atoms with Gasteiger partial charge in [-0.25, -0.2) is 8.42 Å². The maximum absolute atomic E-state index is 13.0. The fourth-order valence-corrected chi connectivity index (χ4v) is 5.31. The molecule has 1 saturated heterocycles. The maximum atomic E-state index is 13.0. The SMILES string of the molecule is Cc1ccccc1CNC(=O)[C@H]1CCCN1S(=O)(=O)c1c(C)noc1C. The Hall–Kier alpha value is -2.19. The lowest BCUT2D eigenvalue weighted by atomic mass is 10.1. The molecule has 0 radical (unpaired) electrons. The number of aromatic nitrogens is 1. The highest BCUT2D eigenvalue weighted by atomic mass is 32.2. The largest absolute Gasteiger partial charge is 0.360 e. The second kappa shape index (κ2) is 7.20. The van der Waals surface area contributed by atoms with Crippen molar-refractivity contribution in [3.05, 3.63) is 46.8 Å². The molecule has 0 aliphatic carbocycles. The average molecular weight is 377 g/mol. The van der Waals surface area contributed by atoms with Crippen LogP contribution in [-0.4, -0.2) is 36.4 Å². The van der Waals surface area contributed by atoms with Crippen LogP contribution in [0.2, 0.25) is 0 Å². The lowest BCUT2D eigenvalue weighted by molar-refractivity contribution is -0.124. The first kappa shape index (κ1) is 18.6. The summed E-state index contributed by atoms with van der Waals surface area (Å²) in [7, 11) is -3.83. The molecule has 1 aliphatic heterocycles. The summed E-state index contributed by atoms with van der Waals surface area (Å²) in [5.41, 5.74) is 2.41. The summed E-state index contributed by atoms with van der Waals surface area (Å²) in [6.07, 6.45) is 1.15. The molecule has 1 atom stereocenters. The van der Waals surface area contributed by atoms with E-state index in [4.69, 9.17) is 4.52 Å². The zero-order valence-electron chi connectivity index (χ0n) is 15.2. The van der Waals surface area contributed by atoms with Crippen molar-refractivity contribution in [2.24, 2.45) is 0 Å². The molecule has 140 valence electrons. The fourth-order valence-electron chi connectivity index (χ4n) is 3.36. The third-order valence-electron chi connectivity index (χ3n) is 4.76. The molecule has 1 amide bonds. The van der Waals surface area contributed by atoms with Crippen LogP contribution in [0.5, 0.6) is 0 Å². The number of nitrogens with one attached hydrogen (secondary N) is 1. The normalized spacial score (nSPS) is 18.2. The van der Waals surface area contributed by atoms with E-state index in [0.29, 0.717) is 31.6 Å². The standard InChI is InChI=1S/C18H23N3O4S/c1-12-7-4-5-8-15(12)11-19-18(22)16-9-6-10-21(16)26(23,24)17-13(2)20-25-14(17)3/h4-5,7-8,16H,6,9-11H2,1-3H3,(H,19,22)/t16-/m1/s1. The second-order valence-electron chi connectivity index (χ2n) is 6.57. The minimum atomic E-state index is -3.83. The van der Waals surface area contributed by atoms with Gasteiger partial charge in [0.2, 0.25) is 15.9 Å². The first-order chi connectivity index (χ1) is 12.3. The van der Waals surface area contributed by atoms with Crippen molar-refractivity contribution < 1.29 is 17.7 Å². The Morgan fingerprint density at radius 1 is 1.31 bits per heavy atom. The highest BCUT2D eigenvalue weighted by Crippen LogP contribution is 2.29. The number of nitrogens with zero attached hydrogens (tertiary/aromatic N) is 2. The van der Waals surface area contributed by atoms with Crippen LogP contribution in [0.1, 0.15) is 35.4 Å². The van der Waals surface area contributed by atoms with Crippen LogP contribution in [-0.2, 0) is 21.4 Å². The number of sulfonamides is 1. The number of benzene rings is 1. The van der Waals surface area contributed by atoms with Crippen LogP contribution in [0.4, 0.5) is 0 Å². The Morgan fingerprint density at radius 3 is 2.69 bits per heavy atom. The number of hydrogen-bond acceptors (Lipinski definition) is 5. The van der Waals surface area contributed by atoms with Crippen molar-refractivity contribution >= 4 is 15.9 Å². The minimum Gasteiger partial charge on any atom is -0.360 e. The van der Waals surface area contributed by atoms with Crippen LogP contribution in [0.15, 0.2) is 33.7 Å². The van der Waals surface area contributed by atoms with Gasteiger partial charge in [-0.15, -0.1) is 0 Å². The van der Waals surface area contributed by atoms with Gasteiger partial charge in [0.15, 0.2) is 5.76 Å². The van der Waals surface area contributed by atoms with Crippen molar-refractivity contribution in [1.29, 1.82) is 0 Å². The average Bonchev–Trinajstić information content (AvgIpc) is 3.21. The third kappa shape index (κ3) is 3.39. The topological polar surface area (TPSA) is 92.5 Å². The van der Waals surface area contributed by atoms with Gasteiger partial charge in [-0.1, -0.05) is 29.4 Å². The molecule has 1 aliphatic rings. The molecule has 1 fully saturated rings. The lowest BCUT2D eigenvalue weighted by Gasteiger charge is -2.23. The second-order valence-corrected chi connectivity index (χ2v) is 8.40. The van der Waals surface area contributed by atoms with Gasteiger partial charge in [0.1, 0.15) is 16.6 Å². The van der Waals surface area contributed by atoms with Crippen molar-refractivity contribution in [2.75, 3.05) is 6.54 Å². The number of aryl methyl sites for hydroxylation is 3. The Labute approximate surface area is 153 Å². The molecule has 1 aromatic heterocycles. The van der Waals surface area contributed by atoms with Gasteiger partial charge in [0.05, 0.1) is 0 Å². The Bertz CT molecular complexity index is 901. The van der Waals surface area contributed by atoms with Gasteiger partial charge >= 0.3 is 0 Å². The summed E-state index contributed by atoms with van der Waals surface area (Å²) >= 11 is 0. The molecule has 3 rings (SSSR count). The first-order valence-electron chi connectivity index (χ1n) is 8.59. The van der Waals surface area contributed by atoms with E-state index in [0.717, 1.165) is 11.1 Å². The number of carbonyl (C=O) groups is 1. The highest BCUT2D eigenvalue weighted by Gasteiger charge is 2.41. The molecule has 26 heavy (non-hydrogen) atoms. The first-order valence-corrected chi connectivity index (χ1v) is 10.0.